The van der Waals surface area contributed by atoms with Gasteiger partial charge in [-0.1, -0.05) is 0 Å². The van der Waals surface area contributed by atoms with E-state index in [4.69, 9.17) is 24.1 Å². The smallest absolute Gasteiger partial charge is 0.337 e. The van der Waals surface area contributed by atoms with Crippen LogP contribution < -0.4 is 24.3 Å². The quantitative estimate of drug-likeness (QED) is 0.532. The minimum absolute atomic E-state index is 0.0188. The Balaban J connectivity index is 2.27. The van der Waals surface area contributed by atoms with E-state index in [-0.39, 0.29) is 17.0 Å². The number of amides is 1. The second kappa shape index (κ2) is 10.2. The molecule has 0 aliphatic heterocycles. The van der Waals surface area contributed by atoms with Gasteiger partial charge >= 0.3 is 5.97 Å². The van der Waals surface area contributed by atoms with Crippen molar-refractivity contribution in [1.82, 2.24) is 0 Å². The maximum atomic E-state index is 12.4. The van der Waals surface area contributed by atoms with Crippen molar-refractivity contribution in [3.8, 4) is 23.0 Å². The number of hydrogen-bond acceptors (Lipinski definition) is 7. The number of hydrogen-bond donors (Lipinski definition) is 3. The molecule has 1 unspecified atom stereocenters. The van der Waals surface area contributed by atoms with Crippen LogP contribution in [0, 0.1) is 0 Å². The van der Waals surface area contributed by atoms with Gasteiger partial charge < -0.3 is 34.5 Å². The Morgan fingerprint density at radius 3 is 2.03 bits per heavy atom. The van der Waals surface area contributed by atoms with E-state index in [0.29, 0.717) is 22.8 Å². The molecule has 9 heteroatoms. The molecule has 0 bridgehead atoms. The van der Waals surface area contributed by atoms with Crippen LogP contribution in [-0.2, 0) is 9.59 Å². The number of methoxy groups -OCH3 is 4. The Kier molecular flexibility index (Phi) is 7.65. The molecule has 0 heterocycles. The molecular formula is C21H23NO8. The van der Waals surface area contributed by atoms with E-state index < -0.39 is 18.0 Å². The zero-order valence-corrected chi connectivity index (χ0v) is 17.0. The number of carboxylic acid groups (broad SMARTS) is 1. The number of carbonyl (C=O) groups is 2. The van der Waals surface area contributed by atoms with Gasteiger partial charge in [-0.25, -0.2) is 4.79 Å². The molecule has 0 radical (unpaired) electrons. The summed E-state index contributed by atoms with van der Waals surface area (Å²) in [5.74, 6) is -0.302. The molecule has 2 aromatic rings. The Bertz CT molecular complexity index is 929. The van der Waals surface area contributed by atoms with Crippen molar-refractivity contribution < 1.29 is 38.7 Å². The fraction of sp³-hybridized carbons (Fsp3) is 0.238. The average molecular weight is 417 g/mol. The highest BCUT2D eigenvalue weighted by Crippen LogP contribution is 2.35. The number of benzene rings is 2. The van der Waals surface area contributed by atoms with E-state index in [2.05, 4.69) is 5.32 Å². The van der Waals surface area contributed by atoms with Gasteiger partial charge in [0.15, 0.2) is 6.10 Å². The lowest BCUT2D eigenvalue weighted by Crippen LogP contribution is -2.13. The van der Waals surface area contributed by atoms with Gasteiger partial charge in [0.2, 0.25) is 5.91 Å². The summed E-state index contributed by atoms with van der Waals surface area (Å²) in [7, 11) is 5.84. The van der Waals surface area contributed by atoms with E-state index in [0.717, 1.165) is 0 Å². The maximum Gasteiger partial charge on any atom is 0.337 e. The number of rotatable bonds is 9. The third-order valence-electron chi connectivity index (χ3n) is 4.18. The molecule has 30 heavy (non-hydrogen) atoms. The predicted octanol–water partition coefficient (Wildman–Crippen LogP) is 2.49. The SMILES string of the molecule is COc1cc(OC)c(C=CC(=O)Nc2ccc(OC)c(C(O)C(=O)O)c2)c(OC)c1. The van der Waals surface area contributed by atoms with Crippen LogP contribution in [0.5, 0.6) is 23.0 Å². The number of aliphatic carboxylic acids is 1. The highest BCUT2D eigenvalue weighted by atomic mass is 16.5. The van der Waals surface area contributed by atoms with Crippen LogP contribution in [0.3, 0.4) is 0 Å². The van der Waals surface area contributed by atoms with Gasteiger partial charge in [-0.15, -0.1) is 0 Å². The molecule has 0 aliphatic rings. The lowest BCUT2D eigenvalue weighted by molar-refractivity contribution is -0.147. The normalized spacial score (nSPS) is 11.6. The number of ether oxygens (including phenoxy) is 4. The van der Waals surface area contributed by atoms with Crippen molar-refractivity contribution in [3.05, 3.63) is 47.5 Å². The van der Waals surface area contributed by atoms with Crippen molar-refractivity contribution in [3.63, 3.8) is 0 Å². The van der Waals surface area contributed by atoms with Crippen LogP contribution in [0.4, 0.5) is 5.69 Å². The molecule has 0 saturated carbocycles. The van der Waals surface area contributed by atoms with Gasteiger partial charge in [-0.05, 0) is 24.3 Å². The number of carbonyl (C=O) groups excluding carboxylic acids is 1. The van der Waals surface area contributed by atoms with E-state index in [1.165, 1.54) is 58.8 Å². The summed E-state index contributed by atoms with van der Waals surface area (Å²) in [4.78, 5) is 23.5. The summed E-state index contributed by atoms with van der Waals surface area (Å²) in [6, 6.07) is 7.62. The first kappa shape index (κ1) is 22.6. The largest absolute Gasteiger partial charge is 0.496 e. The third-order valence-corrected chi connectivity index (χ3v) is 4.18. The van der Waals surface area contributed by atoms with E-state index in [1.54, 1.807) is 12.1 Å². The van der Waals surface area contributed by atoms with E-state index in [1.807, 2.05) is 0 Å². The molecule has 1 atom stereocenters. The molecule has 9 nitrogen and oxygen atoms in total. The van der Waals surface area contributed by atoms with Gasteiger partial charge in [0.25, 0.3) is 0 Å². The number of carboxylic acids is 1. The van der Waals surface area contributed by atoms with Gasteiger partial charge in [0, 0.05) is 29.5 Å². The molecule has 0 spiro atoms. The Morgan fingerprint density at radius 2 is 1.53 bits per heavy atom. The molecule has 0 aromatic heterocycles. The summed E-state index contributed by atoms with van der Waals surface area (Å²) in [5.41, 5.74) is 0.840. The van der Waals surface area contributed by atoms with Crippen LogP contribution >= 0.6 is 0 Å². The van der Waals surface area contributed by atoms with Gasteiger partial charge in [-0.3, -0.25) is 4.79 Å². The Morgan fingerprint density at radius 1 is 0.933 bits per heavy atom. The number of aliphatic hydroxyl groups excluding tert-OH is 1. The molecule has 2 rings (SSSR count). The first-order valence-electron chi connectivity index (χ1n) is 8.72. The van der Waals surface area contributed by atoms with Crippen LogP contribution in [0.15, 0.2) is 36.4 Å². The number of aliphatic hydroxyl groups is 1. The first-order valence-corrected chi connectivity index (χ1v) is 8.72. The Hall–Kier alpha value is -3.72. The van der Waals surface area contributed by atoms with Crippen LogP contribution in [-0.4, -0.2) is 50.5 Å². The molecule has 1 amide bonds. The lowest BCUT2D eigenvalue weighted by Gasteiger charge is -2.14. The van der Waals surface area contributed by atoms with E-state index in [9.17, 15) is 14.7 Å². The van der Waals surface area contributed by atoms with E-state index >= 15 is 0 Å². The zero-order chi connectivity index (χ0) is 22.3. The highest BCUT2D eigenvalue weighted by Gasteiger charge is 2.21. The highest BCUT2D eigenvalue weighted by molar-refractivity contribution is 6.02. The standard InChI is InChI=1S/C21H23NO8/c1-27-13-10-17(29-3)14(18(11-13)30-4)6-8-19(23)22-12-5-7-16(28-2)15(9-12)20(24)21(25)26/h5-11,20,24H,1-4H3,(H,22,23)(H,25,26). The molecule has 0 aliphatic carbocycles. The topological polar surface area (TPSA) is 124 Å². The summed E-state index contributed by atoms with van der Waals surface area (Å²) in [6.07, 6.45) is 0.994. The van der Waals surface area contributed by atoms with Crippen LogP contribution in [0.2, 0.25) is 0 Å². The number of anilines is 1. The average Bonchev–Trinajstić information content (AvgIpc) is 2.76. The van der Waals surface area contributed by atoms with Crippen LogP contribution in [0.25, 0.3) is 6.08 Å². The summed E-state index contributed by atoms with van der Waals surface area (Å²) < 4.78 is 20.9. The second-order valence-corrected chi connectivity index (χ2v) is 5.97. The fourth-order valence-corrected chi connectivity index (χ4v) is 2.70. The third kappa shape index (κ3) is 5.21. The maximum absolute atomic E-state index is 12.4. The van der Waals surface area contributed by atoms with Crippen molar-refractivity contribution in [2.24, 2.45) is 0 Å². The van der Waals surface area contributed by atoms with Crippen molar-refractivity contribution in [2.75, 3.05) is 33.8 Å². The Labute approximate surface area is 173 Å². The van der Waals surface area contributed by atoms with Crippen molar-refractivity contribution >= 4 is 23.6 Å². The predicted molar refractivity (Wildman–Crippen MR) is 109 cm³/mol. The summed E-state index contributed by atoms with van der Waals surface area (Å²) in [5, 5.41) is 21.5. The van der Waals surface area contributed by atoms with Crippen LogP contribution in [0.1, 0.15) is 17.2 Å². The fourth-order valence-electron chi connectivity index (χ4n) is 2.70. The van der Waals surface area contributed by atoms with Crippen molar-refractivity contribution in [2.45, 2.75) is 6.10 Å². The molecule has 0 fully saturated rings. The lowest BCUT2D eigenvalue weighted by atomic mass is 10.1. The molecule has 2 aromatic carbocycles. The minimum atomic E-state index is -1.79. The summed E-state index contributed by atoms with van der Waals surface area (Å²) >= 11 is 0. The van der Waals surface area contributed by atoms with Crippen molar-refractivity contribution in [1.29, 1.82) is 0 Å². The molecule has 3 N–H and O–H groups in total. The number of nitrogens with one attached hydrogen (secondary N) is 1. The van der Waals surface area contributed by atoms with Gasteiger partial charge in [0.1, 0.15) is 23.0 Å². The van der Waals surface area contributed by atoms with Gasteiger partial charge in [-0.2, -0.15) is 0 Å². The molecular weight excluding hydrogens is 394 g/mol. The monoisotopic (exact) mass is 417 g/mol. The minimum Gasteiger partial charge on any atom is -0.496 e. The summed E-state index contributed by atoms with van der Waals surface area (Å²) in [6.45, 7) is 0. The molecule has 0 saturated heterocycles. The van der Waals surface area contributed by atoms with Gasteiger partial charge in [0.05, 0.1) is 34.0 Å². The first-order chi connectivity index (χ1) is 14.3. The second-order valence-electron chi connectivity index (χ2n) is 5.97. The molecule has 160 valence electrons. The zero-order valence-electron chi connectivity index (χ0n) is 17.0.